The molecule has 2 amide bonds. The number of hydrogen-bond donors (Lipinski definition) is 4. The number of carbonyl (C=O) groups is 1. The van der Waals surface area contributed by atoms with Crippen LogP contribution in [0.5, 0.6) is 5.75 Å². The SMILES string of the molecule is Cc1cc(NCCO)nc(NC(=O)Nc2ccc(OC(C)(F)F)cc2)n1. The Morgan fingerprint density at radius 1 is 1.23 bits per heavy atom. The summed E-state index contributed by atoms with van der Waals surface area (Å²) in [6.07, 6.45) is -3.28. The Kier molecular flexibility index (Phi) is 6.23. The highest BCUT2D eigenvalue weighted by atomic mass is 19.3. The predicted molar refractivity (Wildman–Crippen MR) is 92.7 cm³/mol. The number of amides is 2. The monoisotopic (exact) mass is 367 g/mol. The molecule has 1 heterocycles. The summed E-state index contributed by atoms with van der Waals surface area (Å²) in [4.78, 5) is 20.2. The van der Waals surface area contributed by atoms with Crippen molar-refractivity contribution < 1.29 is 23.4 Å². The van der Waals surface area contributed by atoms with E-state index < -0.39 is 12.1 Å². The van der Waals surface area contributed by atoms with Crippen molar-refractivity contribution in [1.82, 2.24) is 9.97 Å². The van der Waals surface area contributed by atoms with E-state index in [2.05, 4.69) is 30.7 Å². The molecule has 0 saturated heterocycles. The van der Waals surface area contributed by atoms with Gasteiger partial charge < -0.3 is 20.5 Å². The molecule has 140 valence electrons. The van der Waals surface area contributed by atoms with Crippen LogP contribution in [0.15, 0.2) is 30.3 Å². The highest BCUT2D eigenvalue weighted by Crippen LogP contribution is 2.22. The maximum absolute atomic E-state index is 12.8. The van der Waals surface area contributed by atoms with E-state index in [1.165, 1.54) is 24.3 Å². The van der Waals surface area contributed by atoms with Crippen LogP contribution >= 0.6 is 0 Å². The van der Waals surface area contributed by atoms with Gasteiger partial charge in [-0.25, -0.2) is 9.78 Å². The van der Waals surface area contributed by atoms with E-state index in [1.807, 2.05) is 0 Å². The van der Waals surface area contributed by atoms with Gasteiger partial charge in [-0.3, -0.25) is 5.32 Å². The van der Waals surface area contributed by atoms with Crippen LogP contribution in [-0.4, -0.2) is 40.4 Å². The van der Waals surface area contributed by atoms with E-state index in [-0.39, 0.29) is 18.3 Å². The summed E-state index contributed by atoms with van der Waals surface area (Å²) in [6, 6.07) is 6.54. The second-order valence-corrected chi connectivity index (χ2v) is 5.38. The molecule has 1 aromatic heterocycles. The number of ether oxygens (including phenoxy) is 1. The summed E-state index contributed by atoms with van der Waals surface area (Å²) >= 11 is 0. The lowest BCUT2D eigenvalue weighted by molar-refractivity contribution is -0.158. The average molecular weight is 367 g/mol. The number of aliphatic hydroxyl groups excluding tert-OH is 1. The topological polar surface area (TPSA) is 108 Å². The summed E-state index contributed by atoms with van der Waals surface area (Å²) < 4.78 is 29.9. The molecule has 0 radical (unpaired) electrons. The van der Waals surface area contributed by atoms with Gasteiger partial charge in [0, 0.05) is 30.9 Å². The van der Waals surface area contributed by atoms with Gasteiger partial charge in [0.25, 0.3) is 0 Å². The van der Waals surface area contributed by atoms with E-state index >= 15 is 0 Å². The van der Waals surface area contributed by atoms with E-state index in [0.717, 1.165) is 0 Å². The molecule has 0 atom stereocenters. The van der Waals surface area contributed by atoms with Crippen molar-refractivity contribution in [3.05, 3.63) is 36.0 Å². The molecule has 0 aliphatic carbocycles. The second-order valence-electron chi connectivity index (χ2n) is 5.38. The van der Waals surface area contributed by atoms with Gasteiger partial charge in [0.15, 0.2) is 0 Å². The van der Waals surface area contributed by atoms with E-state index in [9.17, 15) is 13.6 Å². The molecule has 0 saturated carbocycles. The quantitative estimate of drug-likeness (QED) is 0.599. The first-order valence-corrected chi connectivity index (χ1v) is 7.70. The molecule has 0 unspecified atom stereocenters. The van der Waals surface area contributed by atoms with Crippen molar-refractivity contribution in [2.24, 2.45) is 0 Å². The number of hydrogen-bond acceptors (Lipinski definition) is 6. The molecular formula is C16H19F2N5O3. The van der Waals surface area contributed by atoms with Crippen LogP contribution in [0.3, 0.4) is 0 Å². The molecular weight excluding hydrogens is 348 g/mol. The fourth-order valence-electron chi connectivity index (χ4n) is 1.98. The molecule has 1 aromatic carbocycles. The number of rotatable bonds is 7. The Labute approximate surface area is 148 Å². The molecule has 8 nitrogen and oxygen atoms in total. The fraction of sp³-hybridized carbons (Fsp3) is 0.312. The van der Waals surface area contributed by atoms with Gasteiger partial charge in [-0.1, -0.05) is 0 Å². The standard InChI is InChI=1S/C16H19F2N5O3/c1-10-9-13(19-7-8-24)22-14(20-10)23-15(25)21-11-3-5-12(6-4-11)26-16(2,17)18/h3-6,9,24H,7-8H2,1-2H3,(H3,19,20,21,22,23,25). The molecule has 2 rings (SSSR count). The molecule has 26 heavy (non-hydrogen) atoms. The zero-order chi connectivity index (χ0) is 19.2. The zero-order valence-electron chi connectivity index (χ0n) is 14.2. The van der Waals surface area contributed by atoms with Crippen LogP contribution in [0.2, 0.25) is 0 Å². The third-order valence-corrected chi connectivity index (χ3v) is 2.91. The third-order valence-electron chi connectivity index (χ3n) is 2.91. The number of alkyl halides is 2. The van der Waals surface area contributed by atoms with Crippen LogP contribution in [-0.2, 0) is 0 Å². The van der Waals surface area contributed by atoms with Gasteiger partial charge in [0.1, 0.15) is 11.6 Å². The van der Waals surface area contributed by atoms with E-state index in [4.69, 9.17) is 5.11 Å². The Hall–Kier alpha value is -3.01. The van der Waals surface area contributed by atoms with Crippen molar-refractivity contribution >= 4 is 23.5 Å². The first-order chi connectivity index (χ1) is 12.2. The number of aliphatic hydroxyl groups is 1. The number of nitrogens with zero attached hydrogens (tertiary/aromatic N) is 2. The van der Waals surface area contributed by atoms with Crippen LogP contribution < -0.4 is 20.7 Å². The highest BCUT2D eigenvalue weighted by molar-refractivity contribution is 5.98. The number of nitrogens with one attached hydrogen (secondary N) is 3. The average Bonchev–Trinajstić information content (AvgIpc) is 2.53. The molecule has 0 aliphatic rings. The lowest BCUT2D eigenvalue weighted by atomic mass is 10.3. The Morgan fingerprint density at radius 3 is 2.54 bits per heavy atom. The Bertz CT molecular complexity index is 751. The molecule has 2 aromatic rings. The highest BCUT2D eigenvalue weighted by Gasteiger charge is 2.22. The van der Waals surface area contributed by atoms with Gasteiger partial charge in [-0.05, 0) is 31.2 Å². The predicted octanol–water partition coefficient (Wildman–Crippen LogP) is 2.82. The normalized spacial score (nSPS) is 11.0. The number of halogens is 2. The first-order valence-electron chi connectivity index (χ1n) is 7.70. The first kappa shape index (κ1) is 19.3. The largest absolute Gasteiger partial charge is 0.433 e. The van der Waals surface area contributed by atoms with Crippen molar-refractivity contribution in [3.8, 4) is 5.75 Å². The van der Waals surface area contributed by atoms with Gasteiger partial charge >= 0.3 is 12.1 Å². The van der Waals surface area contributed by atoms with Crippen molar-refractivity contribution in [3.63, 3.8) is 0 Å². The van der Waals surface area contributed by atoms with Gasteiger partial charge in [-0.15, -0.1) is 0 Å². The molecule has 0 fully saturated rings. The number of anilines is 3. The summed E-state index contributed by atoms with van der Waals surface area (Å²) in [7, 11) is 0. The number of aryl methyl sites for hydroxylation is 1. The maximum Gasteiger partial charge on any atom is 0.394 e. The zero-order valence-corrected chi connectivity index (χ0v) is 14.2. The Balaban J connectivity index is 1.97. The van der Waals surface area contributed by atoms with Crippen molar-refractivity contribution in [1.29, 1.82) is 0 Å². The summed E-state index contributed by atoms with van der Waals surface area (Å²) in [5.41, 5.74) is 0.998. The van der Waals surface area contributed by atoms with Crippen LogP contribution in [0, 0.1) is 6.92 Å². The number of aromatic nitrogens is 2. The van der Waals surface area contributed by atoms with Gasteiger partial charge in [-0.2, -0.15) is 13.8 Å². The van der Waals surface area contributed by atoms with Gasteiger partial charge in [0.05, 0.1) is 6.61 Å². The second kappa shape index (κ2) is 8.39. The lowest BCUT2D eigenvalue weighted by Crippen LogP contribution is -2.22. The molecule has 4 N–H and O–H groups in total. The molecule has 0 bridgehead atoms. The third kappa shape index (κ3) is 6.48. The van der Waals surface area contributed by atoms with E-state index in [1.54, 1.807) is 13.0 Å². The van der Waals surface area contributed by atoms with Crippen molar-refractivity contribution in [2.45, 2.75) is 20.0 Å². The van der Waals surface area contributed by atoms with Gasteiger partial charge in [0.2, 0.25) is 5.95 Å². The number of urea groups is 1. The summed E-state index contributed by atoms with van der Waals surface area (Å²) in [5.74, 6) is 0.516. The minimum Gasteiger partial charge on any atom is -0.433 e. The minimum atomic E-state index is -3.28. The fourth-order valence-corrected chi connectivity index (χ4v) is 1.98. The maximum atomic E-state index is 12.8. The molecule has 10 heteroatoms. The Morgan fingerprint density at radius 2 is 1.92 bits per heavy atom. The number of carbonyl (C=O) groups excluding carboxylic acids is 1. The van der Waals surface area contributed by atoms with Crippen LogP contribution in [0.4, 0.5) is 31.0 Å². The van der Waals surface area contributed by atoms with Crippen LogP contribution in [0.25, 0.3) is 0 Å². The van der Waals surface area contributed by atoms with Crippen molar-refractivity contribution in [2.75, 3.05) is 29.1 Å². The lowest BCUT2D eigenvalue weighted by Gasteiger charge is -2.13. The van der Waals surface area contributed by atoms with Crippen LogP contribution in [0.1, 0.15) is 12.6 Å². The molecule has 0 spiro atoms. The van der Waals surface area contributed by atoms with E-state index in [0.29, 0.717) is 30.7 Å². The smallest absolute Gasteiger partial charge is 0.394 e. The molecule has 0 aliphatic heterocycles. The summed E-state index contributed by atoms with van der Waals surface area (Å²) in [6.45, 7) is 2.62. The minimum absolute atomic E-state index is 0.0231. The number of benzene rings is 1. The summed E-state index contributed by atoms with van der Waals surface area (Å²) in [5, 5.41) is 16.7.